The van der Waals surface area contributed by atoms with Crippen molar-refractivity contribution < 1.29 is 18.7 Å². The first-order chi connectivity index (χ1) is 14.7. The monoisotopic (exact) mass is 421 g/mol. The Morgan fingerprint density at radius 2 is 1.74 bits per heavy atom. The van der Waals surface area contributed by atoms with Crippen molar-refractivity contribution in [2.75, 3.05) is 12.3 Å². The molecule has 4 rings (SSSR count). The molecular weight excluding hydrogens is 402 g/mol. The van der Waals surface area contributed by atoms with Gasteiger partial charge in [-0.05, 0) is 12.3 Å². The van der Waals surface area contributed by atoms with Gasteiger partial charge >= 0.3 is 11.7 Å². The molecule has 0 aliphatic carbocycles. The highest BCUT2D eigenvalue weighted by molar-refractivity contribution is 6.08. The molecule has 9 heteroatoms. The first kappa shape index (κ1) is 20.1. The van der Waals surface area contributed by atoms with Gasteiger partial charge in [0.25, 0.3) is 5.56 Å². The molecular formula is C22H19N3O6. The van der Waals surface area contributed by atoms with Crippen LogP contribution in [-0.2, 0) is 18.8 Å². The Balaban J connectivity index is 1.64. The Kier molecular flexibility index (Phi) is 4.73. The highest BCUT2D eigenvalue weighted by Crippen LogP contribution is 2.32. The average Bonchev–Trinajstić information content (AvgIpc) is 3.12. The van der Waals surface area contributed by atoms with Crippen molar-refractivity contribution >= 4 is 39.3 Å². The Hall–Kier alpha value is -4.14. The summed E-state index contributed by atoms with van der Waals surface area (Å²) in [5.74, 6) is -1.98. The molecule has 0 unspecified atom stereocenters. The van der Waals surface area contributed by atoms with Crippen LogP contribution in [0.2, 0.25) is 0 Å². The number of fused-ring (bicyclic) bond motifs is 3. The summed E-state index contributed by atoms with van der Waals surface area (Å²) in [5.41, 5.74) is 4.96. The molecule has 2 aromatic carbocycles. The summed E-state index contributed by atoms with van der Waals surface area (Å²) in [6.07, 6.45) is 0. The molecule has 4 aromatic rings. The minimum Gasteiger partial charge on any atom is -0.451 e. The number of carbonyl (C=O) groups excluding carboxylic acids is 2. The number of nitrogens with two attached hydrogens (primary N) is 1. The van der Waals surface area contributed by atoms with Crippen molar-refractivity contribution in [1.82, 2.24) is 9.13 Å². The van der Waals surface area contributed by atoms with Crippen molar-refractivity contribution in [3.8, 4) is 0 Å². The number of aryl methyl sites for hydroxylation is 1. The lowest BCUT2D eigenvalue weighted by Gasteiger charge is -2.10. The fourth-order valence-corrected chi connectivity index (χ4v) is 3.53. The minimum absolute atomic E-state index is 0.0273. The van der Waals surface area contributed by atoms with Gasteiger partial charge in [0.15, 0.2) is 6.61 Å². The van der Waals surface area contributed by atoms with E-state index in [1.54, 1.807) is 6.92 Å². The number of ether oxygens (including phenoxy) is 1. The van der Waals surface area contributed by atoms with Gasteiger partial charge in [0.05, 0.1) is 0 Å². The second-order valence-electron chi connectivity index (χ2n) is 7.18. The van der Waals surface area contributed by atoms with E-state index in [1.807, 2.05) is 36.4 Å². The number of rotatable bonds is 4. The smallest absolute Gasteiger partial charge is 0.375 e. The van der Waals surface area contributed by atoms with Crippen LogP contribution in [0, 0.1) is 6.92 Å². The summed E-state index contributed by atoms with van der Waals surface area (Å²) in [6.45, 7) is 0.993. The molecule has 0 radical (unpaired) electrons. The van der Waals surface area contributed by atoms with E-state index in [0.717, 1.165) is 25.3 Å². The molecule has 0 aliphatic rings. The molecule has 0 aliphatic heterocycles. The number of Topliss-reactive ketones (excluding diaryl/α,β-unsaturated/α-hetero) is 1. The topological polar surface area (TPSA) is 127 Å². The predicted octanol–water partition coefficient (Wildman–Crippen LogP) is 1.91. The molecule has 0 atom stereocenters. The number of hydrogen-bond acceptors (Lipinski definition) is 7. The molecule has 0 bridgehead atoms. The van der Waals surface area contributed by atoms with Gasteiger partial charge in [0.2, 0.25) is 11.5 Å². The number of anilines is 1. The third-order valence-electron chi connectivity index (χ3n) is 5.34. The number of nitrogen functional groups attached to an aromatic ring is 1. The van der Waals surface area contributed by atoms with Gasteiger partial charge in [0, 0.05) is 30.4 Å². The summed E-state index contributed by atoms with van der Waals surface area (Å²) in [4.78, 5) is 49.4. The summed E-state index contributed by atoms with van der Waals surface area (Å²) in [7, 11) is 2.57. The molecule has 31 heavy (non-hydrogen) atoms. The summed E-state index contributed by atoms with van der Waals surface area (Å²) in [5, 5.41) is 2.56. The Morgan fingerprint density at radius 3 is 2.48 bits per heavy atom. The van der Waals surface area contributed by atoms with E-state index in [4.69, 9.17) is 14.9 Å². The third-order valence-corrected chi connectivity index (χ3v) is 5.34. The third kappa shape index (κ3) is 3.10. The van der Waals surface area contributed by atoms with Crippen LogP contribution in [0.1, 0.15) is 26.5 Å². The zero-order chi connectivity index (χ0) is 22.4. The van der Waals surface area contributed by atoms with E-state index in [0.29, 0.717) is 11.1 Å². The van der Waals surface area contributed by atoms with Crippen LogP contribution >= 0.6 is 0 Å². The van der Waals surface area contributed by atoms with E-state index in [-0.39, 0.29) is 11.6 Å². The van der Waals surface area contributed by atoms with Crippen LogP contribution in [0.25, 0.3) is 21.7 Å². The first-order valence-electron chi connectivity index (χ1n) is 9.39. The van der Waals surface area contributed by atoms with Crippen molar-refractivity contribution in [3.63, 3.8) is 0 Å². The number of furan rings is 1. The van der Waals surface area contributed by atoms with Crippen LogP contribution in [0.4, 0.5) is 5.82 Å². The summed E-state index contributed by atoms with van der Waals surface area (Å²) in [6, 6.07) is 11.4. The van der Waals surface area contributed by atoms with E-state index >= 15 is 0 Å². The van der Waals surface area contributed by atoms with Crippen molar-refractivity contribution in [2.45, 2.75) is 6.92 Å². The number of esters is 1. The van der Waals surface area contributed by atoms with Crippen LogP contribution in [0.5, 0.6) is 0 Å². The Labute approximate surface area is 175 Å². The SMILES string of the molecule is Cc1c(C(=O)OCC(=O)c2c(N)n(C)c(=O)n(C)c2=O)oc2c1ccc1ccccc12. The van der Waals surface area contributed by atoms with Gasteiger partial charge in [0.1, 0.15) is 17.0 Å². The quantitative estimate of drug-likeness (QED) is 0.394. The minimum atomic E-state index is -0.854. The maximum atomic E-state index is 12.6. The first-order valence-corrected chi connectivity index (χ1v) is 9.39. The van der Waals surface area contributed by atoms with Crippen LogP contribution < -0.4 is 17.0 Å². The molecule has 2 aromatic heterocycles. The largest absolute Gasteiger partial charge is 0.451 e. The zero-order valence-corrected chi connectivity index (χ0v) is 17.1. The second-order valence-corrected chi connectivity index (χ2v) is 7.18. The van der Waals surface area contributed by atoms with E-state index in [9.17, 15) is 19.2 Å². The van der Waals surface area contributed by atoms with E-state index in [2.05, 4.69) is 0 Å². The number of ketones is 1. The molecule has 0 amide bonds. The Bertz CT molecular complexity index is 1510. The van der Waals surface area contributed by atoms with Gasteiger partial charge in [-0.1, -0.05) is 36.4 Å². The van der Waals surface area contributed by atoms with Crippen LogP contribution in [0.15, 0.2) is 50.4 Å². The van der Waals surface area contributed by atoms with Gasteiger partial charge in [-0.2, -0.15) is 0 Å². The Morgan fingerprint density at radius 1 is 1.03 bits per heavy atom. The van der Waals surface area contributed by atoms with Crippen molar-refractivity contribution in [3.05, 3.63) is 74.1 Å². The van der Waals surface area contributed by atoms with Gasteiger partial charge in [-0.15, -0.1) is 0 Å². The number of hydrogen-bond donors (Lipinski definition) is 1. The lowest BCUT2D eigenvalue weighted by atomic mass is 10.1. The maximum Gasteiger partial charge on any atom is 0.375 e. The van der Waals surface area contributed by atoms with Crippen molar-refractivity contribution in [1.29, 1.82) is 0 Å². The fourth-order valence-electron chi connectivity index (χ4n) is 3.53. The lowest BCUT2D eigenvalue weighted by molar-refractivity contribution is 0.0444. The summed E-state index contributed by atoms with van der Waals surface area (Å²) < 4.78 is 12.6. The molecule has 0 saturated carbocycles. The molecule has 9 nitrogen and oxygen atoms in total. The predicted molar refractivity (Wildman–Crippen MR) is 114 cm³/mol. The normalized spacial score (nSPS) is 11.2. The van der Waals surface area contributed by atoms with Crippen LogP contribution in [0.3, 0.4) is 0 Å². The number of aromatic nitrogens is 2. The van der Waals surface area contributed by atoms with E-state index < -0.39 is 35.2 Å². The zero-order valence-electron chi connectivity index (χ0n) is 17.1. The van der Waals surface area contributed by atoms with Crippen molar-refractivity contribution in [2.24, 2.45) is 14.1 Å². The average molecular weight is 421 g/mol. The fraction of sp³-hybridized carbons (Fsp3) is 0.182. The second kappa shape index (κ2) is 7.28. The summed E-state index contributed by atoms with van der Waals surface area (Å²) >= 11 is 0. The number of carbonyl (C=O) groups is 2. The number of benzene rings is 2. The molecule has 0 fully saturated rings. The lowest BCUT2D eigenvalue weighted by Crippen LogP contribution is -2.42. The van der Waals surface area contributed by atoms with Gasteiger partial charge in [-0.3, -0.25) is 18.7 Å². The standard InChI is InChI=1S/C22H19N3O6/c1-11-13-9-8-12-6-4-5-7-14(12)18(13)31-17(11)21(28)30-10-15(26)16-19(23)24(2)22(29)25(3)20(16)27/h4-9H,10,23H2,1-3H3. The maximum absolute atomic E-state index is 12.6. The highest BCUT2D eigenvalue weighted by atomic mass is 16.5. The highest BCUT2D eigenvalue weighted by Gasteiger charge is 2.24. The molecule has 2 heterocycles. The molecule has 158 valence electrons. The molecule has 2 N–H and O–H groups in total. The number of nitrogens with zero attached hydrogens (tertiary/aromatic N) is 2. The van der Waals surface area contributed by atoms with Gasteiger partial charge in [-0.25, -0.2) is 9.59 Å². The van der Waals surface area contributed by atoms with E-state index in [1.165, 1.54) is 14.1 Å². The van der Waals surface area contributed by atoms with Gasteiger partial charge < -0.3 is 14.9 Å². The molecule has 0 spiro atoms. The van der Waals surface area contributed by atoms with Crippen LogP contribution in [-0.4, -0.2) is 27.5 Å². The molecule has 0 saturated heterocycles.